The Balaban J connectivity index is 1.29. The molecule has 0 radical (unpaired) electrons. The number of thioether (sulfide) groups is 2. The molecule has 0 bridgehead atoms. The second-order valence-electron chi connectivity index (χ2n) is 5.41. The number of benzene rings is 2. The number of para-hydroxylation sites is 2. The van der Waals surface area contributed by atoms with Crippen molar-refractivity contribution in [1.82, 2.24) is 10.3 Å². The first kappa shape index (κ1) is 19.3. The van der Waals surface area contributed by atoms with Crippen LogP contribution in [0.3, 0.4) is 0 Å². The van der Waals surface area contributed by atoms with Crippen molar-refractivity contribution in [3.63, 3.8) is 0 Å². The Kier molecular flexibility index (Phi) is 7.18. The highest BCUT2D eigenvalue weighted by atomic mass is 32.2. The quantitative estimate of drug-likeness (QED) is 0.334. The second kappa shape index (κ2) is 10.0. The Morgan fingerprint density at radius 1 is 1.04 bits per heavy atom. The number of hydrogen-bond donors (Lipinski definition) is 1. The molecular weight excluding hydrogens is 384 g/mol. The molecule has 0 aliphatic heterocycles. The zero-order valence-electron chi connectivity index (χ0n) is 14.4. The Hall–Kier alpha value is -2.45. The minimum Gasteiger partial charge on any atom is -0.455 e. The van der Waals surface area contributed by atoms with Crippen molar-refractivity contribution in [2.45, 2.75) is 10.1 Å². The van der Waals surface area contributed by atoms with Crippen molar-refractivity contribution >= 4 is 46.5 Å². The summed E-state index contributed by atoms with van der Waals surface area (Å²) >= 11 is 2.79. The van der Waals surface area contributed by atoms with Crippen LogP contribution in [-0.2, 0) is 14.3 Å². The number of rotatable bonds is 9. The number of nitrogens with zero attached hydrogens (tertiary/aromatic N) is 1. The Morgan fingerprint density at radius 2 is 1.81 bits per heavy atom. The minimum atomic E-state index is -0.490. The third kappa shape index (κ3) is 6.33. The van der Waals surface area contributed by atoms with Crippen LogP contribution in [0.25, 0.3) is 11.1 Å². The normalized spacial score (nSPS) is 10.7. The highest BCUT2D eigenvalue weighted by molar-refractivity contribution is 7.99. The number of hydrogen-bond acceptors (Lipinski definition) is 7. The van der Waals surface area contributed by atoms with Gasteiger partial charge in [-0.05, 0) is 24.3 Å². The molecule has 0 atom stereocenters. The van der Waals surface area contributed by atoms with Gasteiger partial charge in [-0.1, -0.05) is 42.1 Å². The van der Waals surface area contributed by atoms with E-state index in [0.29, 0.717) is 17.4 Å². The summed E-state index contributed by atoms with van der Waals surface area (Å²) in [6, 6.07) is 17.3. The number of ether oxygens (including phenoxy) is 1. The molecule has 0 fully saturated rings. The number of esters is 1. The van der Waals surface area contributed by atoms with E-state index >= 15 is 0 Å². The number of carbonyl (C=O) groups is 2. The fourth-order valence-corrected chi connectivity index (χ4v) is 3.57. The zero-order valence-corrected chi connectivity index (χ0v) is 16.1. The van der Waals surface area contributed by atoms with Crippen LogP contribution in [0.1, 0.15) is 0 Å². The molecule has 6 nitrogen and oxygen atoms in total. The van der Waals surface area contributed by atoms with Crippen molar-refractivity contribution in [2.24, 2.45) is 0 Å². The van der Waals surface area contributed by atoms with Gasteiger partial charge in [-0.15, -0.1) is 11.8 Å². The number of nitrogens with one attached hydrogen (secondary N) is 1. The van der Waals surface area contributed by atoms with Gasteiger partial charge in [-0.2, -0.15) is 0 Å². The fourth-order valence-electron chi connectivity index (χ4n) is 2.15. The molecule has 0 saturated carbocycles. The maximum atomic E-state index is 11.8. The summed E-state index contributed by atoms with van der Waals surface area (Å²) in [5.41, 5.74) is 1.40. The van der Waals surface area contributed by atoms with E-state index in [4.69, 9.17) is 9.15 Å². The minimum absolute atomic E-state index is 0.0317. The van der Waals surface area contributed by atoms with E-state index in [0.717, 1.165) is 27.9 Å². The van der Waals surface area contributed by atoms with E-state index in [9.17, 15) is 9.59 Å². The standard InChI is InChI=1S/C19H18N2O4S2/c22-17(20-10-11-26-14-6-2-1-3-7-14)12-24-18(23)13-27-19-21-15-8-4-5-9-16(15)25-19/h1-9H,10-13H2,(H,20,22). The number of carbonyl (C=O) groups excluding carboxylic acids is 2. The summed E-state index contributed by atoms with van der Waals surface area (Å²) in [7, 11) is 0. The van der Waals surface area contributed by atoms with Gasteiger partial charge in [0, 0.05) is 17.2 Å². The van der Waals surface area contributed by atoms with Gasteiger partial charge in [0.2, 0.25) is 0 Å². The maximum absolute atomic E-state index is 11.8. The van der Waals surface area contributed by atoms with Crippen LogP contribution < -0.4 is 5.32 Å². The lowest BCUT2D eigenvalue weighted by atomic mass is 10.3. The molecule has 1 aromatic heterocycles. The lowest BCUT2D eigenvalue weighted by Gasteiger charge is -2.06. The van der Waals surface area contributed by atoms with Crippen LogP contribution in [0.4, 0.5) is 0 Å². The molecule has 0 saturated heterocycles. The van der Waals surface area contributed by atoms with Crippen LogP contribution in [0.5, 0.6) is 0 Å². The lowest BCUT2D eigenvalue weighted by Crippen LogP contribution is -2.30. The summed E-state index contributed by atoms with van der Waals surface area (Å²) in [5.74, 6) is -0.0266. The van der Waals surface area contributed by atoms with Gasteiger partial charge in [0.05, 0.1) is 0 Å². The lowest BCUT2D eigenvalue weighted by molar-refractivity contribution is -0.145. The molecule has 0 spiro atoms. The number of aromatic nitrogens is 1. The average Bonchev–Trinajstić information content (AvgIpc) is 3.12. The van der Waals surface area contributed by atoms with Crippen LogP contribution >= 0.6 is 23.5 Å². The Morgan fingerprint density at radius 3 is 2.63 bits per heavy atom. The van der Waals surface area contributed by atoms with Gasteiger partial charge in [0.25, 0.3) is 11.1 Å². The van der Waals surface area contributed by atoms with Gasteiger partial charge in [0.1, 0.15) is 11.3 Å². The SMILES string of the molecule is O=C(COC(=O)CSc1nc2ccccc2o1)NCCSc1ccccc1. The predicted octanol–water partition coefficient (Wildman–Crippen LogP) is 3.37. The van der Waals surface area contributed by atoms with Gasteiger partial charge < -0.3 is 14.5 Å². The van der Waals surface area contributed by atoms with Crippen LogP contribution in [0.15, 0.2) is 69.1 Å². The zero-order chi connectivity index (χ0) is 18.9. The molecule has 140 valence electrons. The maximum Gasteiger partial charge on any atom is 0.316 e. The highest BCUT2D eigenvalue weighted by Crippen LogP contribution is 2.23. The van der Waals surface area contributed by atoms with E-state index in [2.05, 4.69) is 10.3 Å². The number of oxazole rings is 1. The first-order chi connectivity index (χ1) is 13.2. The third-order valence-electron chi connectivity index (χ3n) is 3.39. The van der Waals surface area contributed by atoms with Gasteiger partial charge in [-0.25, -0.2) is 4.98 Å². The van der Waals surface area contributed by atoms with Crippen molar-refractivity contribution in [3.05, 3.63) is 54.6 Å². The molecule has 1 heterocycles. The smallest absolute Gasteiger partial charge is 0.316 e. The third-order valence-corrected chi connectivity index (χ3v) is 5.20. The summed E-state index contributed by atoms with van der Waals surface area (Å²) in [6.07, 6.45) is 0. The first-order valence-corrected chi connectivity index (χ1v) is 10.3. The summed E-state index contributed by atoms with van der Waals surface area (Å²) in [6.45, 7) is 0.219. The number of amides is 1. The van der Waals surface area contributed by atoms with E-state index in [1.807, 2.05) is 54.6 Å². The van der Waals surface area contributed by atoms with Gasteiger partial charge in [-0.3, -0.25) is 9.59 Å². The molecule has 0 aliphatic carbocycles. The summed E-state index contributed by atoms with van der Waals surface area (Å²) < 4.78 is 10.5. The highest BCUT2D eigenvalue weighted by Gasteiger charge is 2.11. The largest absolute Gasteiger partial charge is 0.455 e. The molecule has 1 N–H and O–H groups in total. The van der Waals surface area contributed by atoms with Crippen LogP contribution in [-0.4, -0.2) is 41.5 Å². The monoisotopic (exact) mass is 402 g/mol. The van der Waals surface area contributed by atoms with Crippen LogP contribution in [0.2, 0.25) is 0 Å². The van der Waals surface area contributed by atoms with Crippen molar-refractivity contribution in [1.29, 1.82) is 0 Å². The first-order valence-electron chi connectivity index (χ1n) is 8.29. The topological polar surface area (TPSA) is 81.4 Å². The second-order valence-corrected chi connectivity index (χ2v) is 7.50. The predicted molar refractivity (Wildman–Crippen MR) is 106 cm³/mol. The average molecular weight is 402 g/mol. The molecule has 2 aromatic carbocycles. The van der Waals surface area contributed by atoms with Crippen molar-refractivity contribution in [3.8, 4) is 0 Å². The Bertz CT molecular complexity index is 866. The molecule has 0 aliphatic rings. The van der Waals surface area contributed by atoms with Crippen molar-refractivity contribution < 1.29 is 18.7 Å². The fraction of sp³-hybridized carbons (Fsp3) is 0.211. The Labute approximate surface area is 165 Å². The van der Waals surface area contributed by atoms with E-state index in [1.54, 1.807) is 11.8 Å². The van der Waals surface area contributed by atoms with E-state index in [1.165, 1.54) is 0 Å². The molecule has 1 amide bonds. The van der Waals surface area contributed by atoms with Gasteiger partial charge >= 0.3 is 5.97 Å². The number of fused-ring (bicyclic) bond motifs is 1. The van der Waals surface area contributed by atoms with Crippen molar-refractivity contribution in [2.75, 3.05) is 24.7 Å². The van der Waals surface area contributed by atoms with Gasteiger partial charge in [0.15, 0.2) is 12.2 Å². The molecule has 3 rings (SSSR count). The van der Waals surface area contributed by atoms with Crippen LogP contribution in [0, 0.1) is 0 Å². The molecule has 8 heteroatoms. The van der Waals surface area contributed by atoms with E-state index < -0.39 is 5.97 Å². The molecule has 0 unspecified atom stereocenters. The summed E-state index contributed by atoms with van der Waals surface area (Å²) in [4.78, 5) is 28.9. The summed E-state index contributed by atoms with van der Waals surface area (Å²) in [5, 5.41) is 3.12. The van der Waals surface area contributed by atoms with E-state index in [-0.39, 0.29) is 18.3 Å². The molecular formula is C19H18N2O4S2. The molecule has 3 aromatic rings. The molecule has 27 heavy (non-hydrogen) atoms.